The van der Waals surface area contributed by atoms with Gasteiger partial charge in [0.05, 0.1) is 37.8 Å². The first-order valence-electron chi connectivity index (χ1n) is 13.8. The molecule has 1 aromatic heterocycles. The number of methoxy groups -OCH3 is 4. The van der Waals surface area contributed by atoms with Gasteiger partial charge in [-0.1, -0.05) is 6.07 Å². The number of pyridine rings is 1. The molecule has 1 atom stereocenters. The molecule has 0 radical (unpaired) electrons. The highest BCUT2D eigenvalue weighted by Gasteiger charge is 2.37. The third-order valence-corrected chi connectivity index (χ3v) is 7.20. The van der Waals surface area contributed by atoms with Gasteiger partial charge >= 0.3 is 0 Å². The van der Waals surface area contributed by atoms with Gasteiger partial charge in [0.1, 0.15) is 18.3 Å². The van der Waals surface area contributed by atoms with Gasteiger partial charge in [0.25, 0.3) is 5.91 Å². The number of nitrogens with zero attached hydrogens (tertiary/aromatic N) is 2. The lowest BCUT2D eigenvalue weighted by Crippen LogP contribution is -2.53. The molecule has 2 heterocycles. The molecule has 1 unspecified atom stereocenters. The zero-order chi connectivity index (χ0) is 32.1. The number of nitrogens with one attached hydrogen (secondary N) is 1. The molecule has 0 saturated carbocycles. The molecule has 1 aliphatic heterocycles. The van der Waals surface area contributed by atoms with Crippen molar-refractivity contribution in [3.8, 4) is 23.0 Å². The Morgan fingerprint density at radius 1 is 0.956 bits per heavy atom. The molecule has 1 N–H and O–H groups in total. The van der Waals surface area contributed by atoms with Crippen LogP contribution < -0.4 is 39.6 Å². The predicted octanol–water partition coefficient (Wildman–Crippen LogP) is 2.98. The number of ether oxygens (including phenoxy) is 5. The van der Waals surface area contributed by atoms with Crippen LogP contribution in [0.5, 0.6) is 23.0 Å². The van der Waals surface area contributed by atoms with Crippen molar-refractivity contribution in [1.29, 1.82) is 0 Å². The lowest BCUT2D eigenvalue weighted by atomic mass is 9.91. The van der Waals surface area contributed by atoms with Crippen molar-refractivity contribution in [2.75, 3.05) is 38.7 Å². The number of carbonyl (C=O) groups excluding carboxylic acids is 3. The smallest absolute Gasteiger partial charge is 0.261 e. The van der Waals surface area contributed by atoms with Crippen LogP contribution >= 0.6 is 0 Å². The van der Waals surface area contributed by atoms with E-state index in [1.54, 1.807) is 54.7 Å². The fourth-order valence-corrected chi connectivity index (χ4v) is 5.28. The van der Waals surface area contributed by atoms with Crippen LogP contribution in [0, 0.1) is 0 Å². The summed E-state index contributed by atoms with van der Waals surface area (Å²) in [5.74, 6) is 2.72. The van der Waals surface area contributed by atoms with Crippen LogP contribution in [0.3, 0.4) is 0 Å². The first-order valence-corrected chi connectivity index (χ1v) is 13.8. The molecule has 0 bridgehead atoms. The summed E-state index contributed by atoms with van der Waals surface area (Å²) < 4.78 is 28.8. The molecule has 11 heteroatoms. The minimum atomic E-state index is -1.01. The Hall–Kier alpha value is -5.64. The van der Waals surface area contributed by atoms with Crippen LogP contribution in [0.1, 0.15) is 28.5 Å². The van der Waals surface area contributed by atoms with Crippen molar-refractivity contribution >= 4 is 34.7 Å². The topological polar surface area (TPSA) is 126 Å². The number of fused-ring (bicyclic) bond motifs is 1. The van der Waals surface area contributed by atoms with Crippen LogP contribution in [0.15, 0.2) is 72.9 Å². The highest BCUT2D eigenvalue weighted by Crippen LogP contribution is 2.41. The Morgan fingerprint density at radius 3 is 2.22 bits per heavy atom. The van der Waals surface area contributed by atoms with Gasteiger partial charge in [-0.2, -0.15) is 0 Å². The third-order valence-electron chi connectivity index (χ3n) is 7.20. The Bertz CT molecular complexity index is 1860. The van der Waals surface area contributed by atoms with E-state index in [4.69, 9.17) is 23.7 Å². The summed E-state index contributed by atoms with van der Waals surface area (Å²) in [6, 6.07) is 18.8. The second-order valence-electron chi connectivity index (χ2n) is 9.92. The number of anilines is 2. The largest absolute Gasteiger partial charge is 0.493 e. The van der Waals surface area contributed by atoms with Crippen LogP contribution in [-0.2, 0) is 20.9 Å². The quantitative estimate of drug-likeness (QED) is 0.289. The number of carbonyl (C=O) groups is 2. The van der Waals surface area contributed by atoms with Crippen molar-refractivity contribution in [3.63, 3.8) is 0 Å². The van der Waals surface area contributed by atoms with E-state index in [1.165, 1.54) is 46.3 Å². The Balaban J connectivity index is 1.78. The van der Waals surface area contributed by atoms with Gasteiger partial charge in [-0.25, -0.2) is 4.79 Å². The maximum absolute atomic E-state index is 14.4. The summed E-state index contributed by atoms with van der Waals surface area (Å²) in [5, 5.41) is 3.15. The number of aromatic nitrogens is 1. The average molecular weight is 610 g/mol. The van der Waals surface area contributed by atoms with Gasteiger partial charge in [0.15, 0.2) is 17.7 Å². The highest BCUT2D eigenvalue weighted by atomic mass is 16.5. The van der Waals surface area contributed by atoms with Crippen LogP contribution in [0.2, 0.25) is 0 Å². The lowest BCUT2D eigenvalue weighted by molar-refractivity contribution is -0.114. The maximum Gasteiger partial charge on any atom is 0.261 e. The van der Waals surface area contributed by atoms with Gasteiger partial charge < -0.3 is 29.0 Å². The van der Waals surface area contributed by atoms with Crippen molar-refractivity contribution in [1.82, 2.24) is 4.98 Å². The predicted molar refractivity (Wildman–Crippen MR) is 166 cm³/mol. The molecular formula is C34H31N3O8. The van der Waals surface area contributed by atoms with Gasteiger partial charge in [0.2, 0.25) is 11.7 Å². The summed E-state index contributed by atoms with van der Waals surface area (Å²) in [7, 11) is 5.96. The van der Waals surface area contributed by atoms with Crippen molar-refractivity contribution in [3.05, 3.63) is 100 Å². The second kappa shape index (κ2) is 13.3. The number of hydrogen-bond donors (Lipinski definition) is 1. The molecule has 1 aliphatic rings. The maximum atomic E-state index is 14.4. The summed E-state index contributed by atoms with van der Waals surface area (Å²) in [4.78, 5) is 44.2. The highest BCUT2D eigenvalue weighted by molar-refractivity contribution is 6.11. The number of amides is 2. The average Bonchev–Trinajstić information content (AvgIpc) is 3.06. The van der Waals surface area contributed by atoms with Crippen molar-refractivity contribution < 1.29 is 38.1 Å². The van der Waals surface area contributed by atoms with Gasteiger partial charge in [-0.05, 0) is 66.2 Å². The first kappa shape index (κ1) is 30.8. The zero-order valence-corrected chi connectivity index (χ0v) is 25.4. The second-order valence-corrected chi connectivity index (χ2v) is 9.92. The number of hydrogen-bond acceptors (Lipinski definition) is 9. The van der Waals surface area contributed by atoms with E-state index < -0.39 is 12.1 Å². The molecule has 45 heavy (non-hydrogen) atoms. The first-order chi connectivity index (χ1) is 21.8. The Labute approximate surface area is 259 Å². The molecule has 4 aromatic rings. The molecule has 5 rings (SSSR count). The van der Waals surface area contributed by atoms with Crippen LogP contribution in [-0.4, -0.2) is 57.4 Å². The van der Waals surface area contributed by atoms with Gasteiger partial charge in [-0.15, -0.1) is 0 Å². The van der Waals surface area contributed by atoms with E-state index >= 15 is 0 Å². The van der Waals surface area contributed by atoms with Crippen LogP contribution in [0.25, 0.3) is 5.57 Å². The fourth-order valence-electron chi connectivity index (χ4n) is 5.28. The van der Waals surface area contributed by atoms with E-state index in [0.29, 0.717) is 50.7 Å². The minimum absolute atomic E-state index is 0.100. The summed E-state index contributed by atoms with van der Waals surface area (Å²) in [6.07, 6.45) is 0.644. The Kier molecular flexibility index (Phi) is 9.13. The fraction of sp³-hybridized carbons (Fsp3) is 0.206. The molecule has 0 fully saturated rings. The lowest BCUT2D eigenvalue weighted by Gasteiger charge is -2.36. The number of rotatable bonds is 10. The molecule has 0 spiro atoms. The van der Waals surface area contributed by atoms with E-state index in [-0.39, 0.29) is 29.0 Å². The van der Waals surface area contributed by atoms with E-state index in [9.17, 15) is 14.4 Å². The molecule has 11 nitrogen and oxygen atoms in total. The standard InChI is InChI=1S/C34H31N3O8/c1-20(39)36-23-9-11-25(12-10-23)37-33(40)27-17-26(45-19-24-8-6-7-13-35-24)14-22(18-38)30(27)31(34(37)44-5)21-15-28(41-2)32(43-4)29(16-21)42-3/h6-17,34H,19H2,1-5H3,(H,36,39). The van der Waals surface area contributed by atoms with E-state index in [2.05, 4.69) is 10.3 Å². The van der Waals surface area contributed by atoms with Gasteiger partial charge in [0, 0.05) is 42.4 Å². The molecule has 3 aromatic carbocycles. The molecule has 0 saturated heterocycles. The van der Waals surface area contributed by atoms with E-state index in [0.717, 1.165) is 0 Å². The molecule has 0 aliphatic carbocycles. The van der Waals surface area contributed by atoms with Gasteiger partial charge in [-0.3, -0.25) is 19.5 Å². The monoisotopic (exact) mass is 609 g/mol. The van der Waals surface area contributed by atoms with Crippen molar-refractivity contribution in [2.45, 2.75) is 19.8 Å². The minimum Gasteiger partial charge on any atom is -0.493 e. The zero-order valence-electron chi connectivity index (χ0n) is 25.4. The SMILES string of the molecule is COc1cc(C2=c3c(cc(OCc4ccccn4)cc3=C=O)C(=O)N(c3ccc(NC(C)=O)cc3)C2OC)cc(OC)c1OC. The van der Waals surface area contributed by atoms with Crippen LogP contribution in [0.4, 0.5) is 11.4 Å². The molecular weight excluding hydrogens is 578 g/mol. The Morgan fingerprint density at radius 2 is 1.67 bits per heavy atom. The summed E-state index contributed by atoms with van der Waals surface area (Å²) in [6.45, 7) is 1.53. The normalized spacial score (nSPS) is 13.9. The summed E-state index contributed by atoms with van der Waals surface area (Å²) >= 11 is 0. The number of benzene rings is 3. The third kappa shape index (κ3) is 6.08. The van der Waals surface area contributed by atoms with E-state index in [1.807, 2.05) is 18.1 Å². The molecule has 230 valence electrons. The van der Waals surface area contributed by atoms with Crippen molar-refractivity contribution in [2.24, 2.45) is 0 Å². The summed E-state index contributed by atoms with van der Waals surface area (Å²) in [5.41, 5.74) is 2.92. The molecule has 2 amide bonds.